The molecule has 0 saturated carbocycles. The van der Waals surface area contributed by atoms with Gasteiger partial charge in [0.25, 0.3) is 0 Å². The second-order valence-electron chi connectivity index (χ2n) is 8.22. The lowest BCUT2D eigenvalue weighted by atomic mass is 9.99. The Labute approximate surface area is 194 Å². The van der Waals surface area contributed by atoms with Gasteiger partial charge in [-0.3, -0.25) is 0 Å². The fourth-order valence-corrected chi connectivity index (χ4v) is 5.91. The van der Waals surface area contributed by atoms with Gasteiger partial charge in [-0.15, -0.1) is 11.3 Å². The van der Waals surface area contributed by atoms with Crippen molar-refractivity contribution >= 4 is 53.2 Å². The van der Waals surface area contributed by atoms with Crippen LogP contribution >= 0.6 is 11.3 Å². The van der Waals surface area contributed by atoms with Gasteiger partial charge in [0.05, 0.1) is 11.2 Å². The van der Waals surface area contributed by atoms with Crippen molar-refractivity contribution in [1.29, 1.82) is 0 Å². The third-order valence-corrected chi connectivity index (χ3v) is 7.43. The van der Waals surface area contributed by atoms with E-state index in [0.717, 1.165) is 33.5 Å². The van der Waals surface area contributed by atoms with Gasteiger partial charge in [0.1, 0.15) is 0 Å². The van der Waals surface area contributed by atoms with Gasteiger partial charge in [-0.1, -0.05) is 91.0 Å². The predicted molar refractivity (Wildman–Crippen MR) is 141 cm³/mol. The molecule has 0 aliphatic carbocycles. The summed E-state index contributed by atoms with van der Waals surface area (Å²) in [7, 11) is 0. The topological polar surface area (TPSA) is 25.8 Å². The van der Waals surface area contributed by atoms with Gasteiger partial charge in [0.2, 0.25) is 0 Å². The van der Waals surface area contributed by atoms with Crippen molar-refractivity contribution in [2.45, 2.75) is 0 Å². The number of thiophene rings is 1. The van der Waals surface area contributed by atoms with Crippen LogP contribution in [0, 0.1) is 0 Å². The van der Waals surface area contributed by atoms with Gasteiger partial charge in [-0.25, -0.2) is 9.97 Å². The van der Waals surface area contributed by atoms with Crippen molar-refractivity contribution in [2.75, 3.05) is 0 Å². The fraction of sp³-hybridized carbons (Fsp3) is 0. The average molecular weight is 439 g/mol. The lowest BCUT2D eigenvalue weighted by Crippen LogP contribution is -1.95. The molecule has 0 saturated heterocycles. The second kappa shape index (κ2) is 7.22. The normalized spacial score (nSPS) is 11.6. The van der Waals surface area contributed by atoms with Crippen molar-refractivity contribution in [3.63, 3.8) is 0 Å². The Morgan fingerprint density at radius 2 is 1.24 bits per heavy atom. The Hall–Kier alpha value is -4.08. The lowest BCUT2D eigenvalue weighted by molar-refractivity contribution is 1.23. The number of para-hydroxylation sites is 1. The highest BCUT2D eigenvalue weighted by molar-refractivity contribution is 7.26. The molecule has 5 aromatic carbocycles. The van der Waals surface area contributed by atoms with Gasteiger partial charge < -0.3 is 0 Å². The summed E-state index contributed by atoms with van der Waals surface area (Å²) in [4.78, 5) is 10.1. The minimum Gasteiger partial charge on any atom is -0.228 e. The maximum absolute atomic E-state index is 5.11. The molecular weight excluding hydrogens is 420 g/mol. The zero-order valence-electron chi connectivity index (χ0n) is 17.7. The Bertz CT molecular complexity index is 1820. The molecule has 7 rings (SSSR count). The molecule has 7 aromatic rings. The van der Waals surface area contributed by atoms with Crippen LogP contribution in [0.1, 0.15) is 0 Å². The molecule has 0 N–H and O–H groups in total. The van der Waals surface area contributed by atoms with Crippen LogP contribution < -0.4 is 0 Å². The summed E-state index contributed by atoms with van der Waals surface area (Å²) >= 11 is 1.85. The maximum atomic E-state index is 5.11. The molecule has 0 unspecified atom stereocenters. The van der Waals surface area contributed by atoms with Gasteiger partial charge in [0, 0.05) is 36.7 Å². The molecule has 33 heavy (non-hydrogen) atoms. The molecule has 0 spiro atoms. The van der Waals surface area contributed by atoms with Crippen LogP contribution in [-0.4, -0.2) is 9.97 Å². The molecule has 0 bridgehead atoms. The summed E-state index contributed by atoms with van der Waals surface area (Å²) in [5.74, 6) is 0.761. The molecule has 2 heterocycles. The number of aromatic nitrogens is 2. The monoisotopic (exact) mass is 438 g/mol. The smallest absolute Gasteiger partial charge is 0.161 e. The second-order valence-corrected chi connectivity index (χ2v) is 9.30. The van der Waals surface area contributed by atoms with E-state index in [0.29, 0.717) is 0 Å². The highest BCUT2D eigenvalue weighted by Gasteiger charge is 2.15. The molecule has 2 aromatic heterocycles. The van der Waals surface area contributed by atoms with Crippen molar-refractivity contribution in [2.24, 2.45) is 0 Å². The van der Waals surface area contributed by atoms with Crippen molar-refractivity contribution in [3.8, 4) is 22.6 Å². The molecule has 0 radical (unpaired) electrons. The minimum absolute atomic E-state index is 0.761. The summed E-state index contributed by atoms with van der Waals surface area (Å²) in [6.45, 7) is 0. The van der Waals surface area contributed by atoms with Gasteiger partial charge in [0.15, 0.2) is 5.82 Å². The number of rotatable bonds is 2. The first-order chi connectivity index (χ1) is 16.4. The number of nitrogens with zero attached hydrogens (tertiary/aromatic N) is 2. The summed E-state index contributed by atoms with van der Waals surface area (Å²) in [5.41, 5.74) is 4.09. The number of fused-ring (bicyclic) bond motifs is 6. The lowest BCUT2D eigenvalue weighted by Gasteiger charge is -2.11. The van der Waals surface area contributed by atoms with Crippen LogP contribution in [0.3, 0.4) is 0 Å². The standard InChI is InChI=1S/C30H18N2S/c1-2-9-19(10-3-1)29-23-11-4-6-15-25(23)31-30(32-29)22-14-8-13-21-20(22)17-18-27-28(21)24-12-5-7-16-26(24)33-27/h1-18H. The molecule has 3 heteroatoms. The van der Waals surface area contributed by atoms with Gasteiger partial charge >= 0.3 is 0 Å². The first kappa shape index (κ1) is 18.5. The largest absolute Gasteiger partial charge is 0.228 e. The Morgan fingerprint density at radius 3 is 2.15 bits per heavy atom. The van der Waals surface area contributed by atoms with Crippen molar-refractivity contribution in [1.82, 2.24) is 9.97 Å². The summed E-state index contributed by atoms with van der Waals surface area (Å²) < 4.78 is 2.63. The van der Waals surface area contributed by atoms with Crippen molar-refractivity contribution in [3.05, 3.63) is 109 Å². The van der Waals surface area contributed by atoms with Gasteiger partial charge in [-0.05, 0) is 29.0 Å². The van der Waals surface area contributed by atoms with E-state index in [1.165, 1.54) is 30.9 Å². The molecule has 2 nitrogen and oxygen atoms in total. The number of benzene rings is 5. The maximum Gasteiger partial charge on any atom is 0.161 e. The van der Waals surface area contributed by atoms with Gasteiger partial charge in [-0.2, -0.15) is 0 Å². The number of hydrogen-bond acceptors (Lipinski definition) is 3. The first-order valence-electron chi connectivity index (χ1n) is 11.0. The fourth-order valence-electron chi connectivity index (χ4n) is 4.79. The Morgan fingerprint density at radius 1 is 0.485 bits per heavy atom. The van der Waals surface area contributed by atoms with Crippen LogP contribution in [0.4, 0.5) is 0 Å². The van der Waals surface area contributed by atoms with E-state index in [-0.39, 0.29) is 0 Å². The molecule has 0 aliphatic rings. The average Bonchev–Trinajstić information content (AvgIpc) is 3.27. The zero-order valence-corrected chi connectivity index (χ0v) is 18.5. The SMILES string of the molecule is c1ccc(-c2nc(-c3cccc4c3ccc3sc5ccccc5c34)nc3ccccc23)cc1. The van der Waals surface area contributed by atoms with Crippen LogP contribution in [-0.2, 0) is 0 Å². The van der Waals surface area contributed by atoms with E-state index >= 15 is 0 Å². The summed E-state index contributed by atoms with van der Waals surface area (Å²) in [6.07, 6.45) is 0. The van der Waals surface area contributed by atoms with Crippen LogP contribution in [0.15, 0.2) is 109 Å². The third-order valence-electron chi connectivity index (χ3n) is 6.29. The van der Waals surface area contributed by atoms with Crippen LogP contribution in [0.5, 0.6) is 0 Å². The minimum atomic E-state index is 0.761. The van der Waals surface area contributed by atoms with Crippen LogP contribution in [0.2, 0.25) is 0 Å². The summed E-state index contributed by atoms with van der Waals surface area (Å²) in [5, 5.41) is 6.13. The highest BCUT2D eigenvalue weighted by atomic mass is 32.1. The molecule has 0 fully saturated rings. The van der Waals surface area contributed by atoms with E-state index in [9.17, 15) is 0 Å². The van der Waals surface area contributed by atoms with E-state index < -0.39 is 0 Å². The van der Waals surface area contributed by atoms with E-state index in [1.807, 2.05) is 29.5 Å². The molecule has 0 atom stereocenters. The Balaban J connectivity index is 1.56. The van der Waals surface area contributed by atoms with E-state index in [1.54, 1.807) is 0 Å². The molecule has 154 valence electrons. The molecule has 0 amide bonds. The quantitative estimate of drug-likeness (QED) is 0.270. The predicted octanol–water partition coefficient (Wildman–Crippen LogP) is 8.48. The molecular formula is C30H18N2S. The van der Waals surface area contributed by atoms with Crippen molar-refractivity contribution < 1.29 is 0 Å². The molecule has 0 aliphatic heterocycles. The Kier molecular flexibility index (Phi) is 4.05. The third kappa shape index (κ3) is 2.86. The highest BCUT2D eigenvalue weighted by Crippen LogP contribution is 2.41. The zero-order chi connectivity index (χ0) is 21.8. The van der Waals surface area contributed by atoms with E-state index in [2.05, 4.69) is 91.0 Å². The first-order valence-corrected chi connectivity index (χ1v) is 11.8. The summed E-state index contributed by atoms with van der Waals surface area (Å²) in [6, 6.07) is 38.3. The van der Waals surface area contributed by atoms with E-state index in [4.69, 9.17) is 9.97 Å². The van der Waals surface area contributed by atoms with Crippen LogP contribution in [0.25, 0.3) is 64.5 Å². The number of hydrogen-bond donors (Lipinski definition) is 0.